The maximum Gasteiger partial charge on any atom is 0.349 e. The van der Waals surface area contributed by atoms with Crippen LogP contribution in [0, 0.1) is 10.1 Å². The molecular formula is C17H11N3O6. The van der Waals surface area contributed by atoms with E-state index in [1.807, 2.05) is 0 Å². The van der Waals surface area contributed by atoms with E-state index < -0.39 is 22.4 Å². The molecule has 1 aromatic heterocycles. The number of nitro benzene ring substituents is 1. The summed E-state index contributed by atoms with van der Waals surface area (Å²) >= 11 is 0. The van der Waals surface area contributed by atoms with Crippen molar-refractivity contribution in [1.82, 2.24) is 10.9 Å². The monoisotopic (exact) mass is 353 g/mol. The van der Waals surface area contributed by atoms with Gasteiger partial charge in [-0.3, -0.25) is 30.6 Å². The summed E-state index contributed by atoms with van der Waals surface area (Å²) in [6.45, 7) is 0. The Balaban J connectivity index is 1.75. The lowest BCUT2D eigenvalue weighted by Crippen LogP contribution is -2.43. The predicted octanol–water partition coefficient (Wildman–Crippen LogP) is 1.78. The molecule has 2 amide bonds. The van der Waals surface area contributed by atoms with Crippen molar-refractivity contribution < 1.29 is 18.9 Å². The van der Waals surface area contributed by atoms with E-state index in [4.69, 9.17) is 4.42 Å². The summed E-state index contributed by atoms with van der Waals surface area (Å²) in [6.07, 6.45) is 0. The standard InChI is InChI=1S/C17H11N3O6/c21-15(11-5-3-6-12(8-11)20(24)25)18-19-16(22)13-9-10-4-1-2-7-14(10)26-17(13)23/h1-9H,(H,18,21)(H,19,22). The van der Waals surface area contributed by atoms with E-state index in [1.54, 1.807) is 24.3 Å². The molecule has 130 valence electrons. The van der Waals surface area contributed by atoms with Gasteiger partial charge in [0.05, 0.1) is 4.92 Å². The Morgan fingerprint density at radius 2 is 1.69 bits per heavy atom. The van der Waals surface area contributed by atoms with Crippen LogP contribution in [-0.4, -0.2) is 16.7 Å². The highest BCUT2D eigenvalue weighted by Crippen LogP contribution is 2.13. The van der Waals surface area contributed by atoms with Crippen molar-refractivity contribution in [2.24, 2.45) is 0 Å². The highest BCUT2D eigenvalue weighted by atomic mass is 16.6. The molecule has 0 saturated heterocycles. The number of hydrogen-bond acceptors (Lipinski definition) is 6. The summed E-state index contributed by atoms with van der Waals surface area (Å²) in [5.41, 5.74) is 3.08. The van der Waals surface area contributed by atoms with E-state index in [0.717, 1.165) is 6.07 Å². The minimum absolute atomic E-state index is 0.0231. The lowest BCUT2D eigenvalue weighted by molar-refractivity contribution is -0.384. The summed E-state index contributed by atoms with van der Waals surface area (Å²) in [6, 6.07) is 13.0. The molecule has 0 bridgehead atoms. The number of nitrogens with one attached hydrogen (secondary N) is 2. The molecule has 2 N–H and O–H groups in total. The van der Waals surface area contributed by atoms with Crippen LogP contribution < -0.4 is 16.5 Å². The first kappa shape index (κ1) is 16.8. The minimum Gasteiger partial charge on any atom is -0.422 e. The van der Waals surface area contributed by atoms with Crippen molar-refractivity contribution in [2.75, 3.05) is 0 Å². The Kier molecular flexibility index (Phi) is 4.44. The summed E-state index contributed by atoms with van der Waals surface area (Å²) < 4.78 is 5.04. The molecule has 2 aromatic carbocycles. The summed E-state index contributed by atoms with van der Waals surface area (Å²) in [5, 5.41) is 11.3. The number of hydrazine groups is 1. The van der Waals surface area contributed by atoms with Crippen LogP contribution in [0.25, 0.3) is 11.0 Å². The Morgan fingerprint density at radius 3 is 2.46 bits per heavy atom. The Morgan fingerprint density at radius 1 is 0.962 bits per heavy atom. The van der Waals surface area contributed by atoms with Crippen LogP contribution in [0.5, 0.6) is 0 Å². The Hall–Kier alpha value is -4.01. The fourth-order valence-electron chi connectivity index (χ4n) is 2.23. The van der Waals surface area contributed by atoms with E-state index in [-0.39, 0.29) is 16.8 Å². The second-order valence-electron chi connectivity index (χ2n) is 5.20. The zero-order valence-electron chi connectivity index (χ0n) is 13.1. The van der Waals surface area contributed by atoms with E-state index in [0.29, 0.717) is 11.0 Å². The van der Waals surface area contributed by atoms with Gasteiger partial charge in [-0.05, 0) is 18.2 Å². The number of carbonyl (C=O) groups excluding carboxylic acids is 2. The van der Waals surface area contributed by atoms with E-state index in [1.165, 1.54) is 24.3 Å². The maximum atomic E-state index is 12.1. The smallest absolute Gasteiger partial charge is 0.349 e. The van der Waals surface area contributed by atoms with Crippen LogP contribution >= 0.6 is 0 Å². The molecule has 1 heterocycles. The van der Waals surface area contributed by atoms with E-state index in [9.17, 15) is 24.5 Å². The number of nitrogens with zero attached hydrogens (tertiary/aromatic N) is 1. The third kappa shape index (κ3) is 3.41. The first-order valence-corrected chi connectivity index (χ1v) is 7.34. The van der Waals surface area contributed by atoms with Gasteiger partial charge in [0, 0.05) is 23.1 Å². The molecule has 9 heteroatoms. The van der Waals surface area contributed by atoms with Crippen molar-refractivity contribution in [3.63, 3.8) is 0 Å². The van der Waals surface area contributed by atoms with E-state index >= 15 is 0 Å². The molecule has 3 aromatic rings. The quantitative estimate of drug-likeness (QED) is 0.419. The van der Waals surface area contributed by atoms with Crippen LogP contribution in [0.15, 0.2) is 63.8 Å². The van der Waals surface area contributed by atoms with Crippen LogP contribution in [0.3, 0.4) is 0 Å². The van der Waals surface area contributed by atoms with Crippen LogP contribution in [0.1, 0.15) is 20.7 Å². The third-order valence-electron chi connectivity index (χ3n) is 3.49. The van der Waals surface area contributed by atoms with Crippen molar-refractivity contribution in [1.29, 1.82) is 0 Å². The third-order valence-corrected chi connectivity index (χ3v) is 3.49. The average Bonchev–Trinajstić information content (AvgIpc) is 2.65. The lowest BCUT2D eigenvalue weighted by atomic mass is 10.2. The number of fused-ring (bicyclic) bond motifs is 1. The van der Waals surface area contributed by atoms with Crippen molar-refractivity contribution in [3.8, 4) is 0 Å². The number of amides is 2. The number of non-ortho nitro benzene ring substituents is 1. The molecule has 0 aliphatic carbocycles. The van der Waals surface area contributed by atoms with Crippen LogP contribution in [0.4, 0.5) is 5.69 Å². The number of para-hydroxylation sites is 1. The normalized spacial score (nSPS) is 10.3. The number of benzene rings is 2. The molecule has 0 radical (unpaired) electrons. The molecule has 0 aliphatic rings. The molecule has 3 rings (SSSR count). The zero-order valence-corrected chi connectivity index (χ0v) is 13.1. The van der Waals surface area contributed by atoms with Crippen molar-refractivity contribution in [3.05, 3.63) is 86.3 Å². The molecular weight excluding hydrogens is 342 g/mol. The summed E-state index contributed by atoms with van der Waals surface area (Å²) in [4.78, 5) is 46.1. The second-order valence-corrected chi connectivity index (χ2v) is 5.20. The van der Waals surface area contributed by atoms with Gasteiger partial charge in [0.1, 0.15) is 11.1 Å². The Bertz CT molecular complexity index is 1090. The summed E-state index contributed by atoms with van der Waals surface area (Å²) in [5.74, 6) is -1.64. The molecule has 26 heavy (non-hydrogen) atoms. The molecule has 0 unspecified atom stereocenters. The minimum atomic E-state index is -0.872. The second kappa shape index (κ2) is 6.85. The van der Waals surface area contributed by atoms with Gasteiger partial charge in [-0.2, -0.15) is 0 Å². The maximum absolute atomic E-state index is 12.1. The highest BCUT2D eigenvalue weighted by Gasteiger charge is 2.16. The number of carbonyl (C=O) groups is 2. The first-order valence-electron chi connectivity index (χ1n) is 7.34. The van der Waals surface area contributed by atoms with Gasteiger partial charge in [0.25, 0.3) is 17.5 Å². The topological polar surface area (TPSA) is 132 Å². The van der Waals surface area contributed by atoms with Crippen LogP contribution in [0.2, 0.25) is 0 Å². The molecule has 0 fully saturated rings. The predicted molar refractivity (Wildman–Crippen MR) is 90.5 cm³/mol. The van der Waals surface area contributed by atoms with Gasteiger partial charge in [-0.25, -0.2) is 4.79 Å². The average molecular weight is 353 g/mol. The zero-order chi connectivity index (χ0) is 18.7. The van der Waals surface area contributed by atoms with Crippen molar-refractivity contribution in [2.45, 2.75) is 0 Å². The lowest BCUT2D eigenvalue weighted by Gasteiger charge is -2.07. The largest absolute Gasteiger partial charge is 0.422 e. The Labute approximate surface area is 145 Å². The van der Waals surface area contributed by atoms with Crippen LogP contribution in [-0.2, 0) is 0 Å². The van der Waals surface area contributed by atoms with Gasteiger partial charge in [0.15, 0.2) is 0 Å². The molecule has 9 nitrogen and oxygen atoms in total. The van der Waals surface area contributed by atoms with E-state index in [2.05, 4.69) is 10.9 Å². The highest BCUT2D eigenvalue weighted by molar-refractivity contribution is 6.00. The molecule has 0 spiro atoms. The molecule has 0 atom stereocenters. The first-order chi connectivity index (χ1) is 12.5. The van der Waals surface area contributed by atoms with Gasteiger partial charge in [-0.1, -0.05) is 24.3 Å². The number of rotatable bonds is 3. The summed E-state index contributed by atoms with van der Waals surface area (Å²) in [7, 11) is 0. The molecule has 0 aliphatic heterocycles. The van der Waals surface area contributed by atoms with Gasteiger partial charge in [0.2, 0.25) is 0 Å². The van der Waals surface area contributed by atoms with Gasteiger partial charge < -0.3 is 4.42 Å². The van der Waals surface area contributed by atoms with Crippen molar-refractivity contribution >= 4 is 28.5 Å². The van der Waals surface area contributed by atoms with Gasteiger partial charge in [-0.15, -0.1) is 0 Å². The number of nitro groups is 1. The fourth-order valence-corrected chi connectivity index (χ4v) is 2.23. The SMILES string of the molecule is O=C(NNC(=O)c1cc2ccccc2oc1=O)c1cccc([N+](=O)[O-])c1. The molecule has 0 saturated carbocycles. The fraction of sp³-hybridized carbons (Fsp3) is 0. The number of hydrogen-bond donors (Lipinski definition) is 2. The van der Waals surface area contributed by atoms with Gasteiger partial charge >= 0.3 is 5.63 Å².